The summed E-state index contributed by atoms with van der Waals surface area (Å²) in [4.78, 5) is 13.9. The van der Waals surface area contributed by atoms with E-state index in [9.17, 15) is 4.79 Å². The molecule has 0 saturated carbocycles. The molecule has 0 fully saturated rings. The molecule has 2 aromatic carbocycles. The molecule has 0 radical (unpaired) electrons. The van der Waals surface area contributed by atoms with Crippen molar-refractivity contribution in [3.8, 4) is 23.3 Å². The van der Waals surface area contributed by atoms with Gasteiger partial charge in [-0.05, 0) is 35.9 Å². The number of hydrogen-bond donors (Lipinski definition) is 1. The summed E-state index contributed by atoms with van der Waals surface area (Å²) in [5, 5.41) is 2.76. The standard InChI is InChI=1S/C21H20N2O3/c1-23(2)18-8-4-3-6-17(18)7-5-13-22-21(24)12-10-16-9-11-19-20(14-16)26-15-25-19/h3-4,6,8-12,14H,13,15H2,1-2H3,(H,22,24)/b12-10+. The Bertz CT molecular complexity index is 892. The quantitative estimate of drug-likeness (QED) is 0.682. The van der Waals surface area contributed by atoms with Crippen LogP contribution in [0.2, 0.25) is 0 Å². The molecule has 0 bridgehead atoms. The van der Waals surface area contributed by atoms with E-state index < -0.39 is 0 Å². The third kappa shape index (κ3) is 4.37. The van der Waals surface area contributed by atoms with Crippen LogP contribution < -0.4 is 19.7 Å². The van der Waals surface area contributed by atoms with Gasteiger partial charge in [-0.3, -0.25) is 4.79 Å². The van der Waals surface area contributed by atoms with Crippen LogP contribution in [-0.4, -0.2) is 33.3 Å². The highest BCUT2D eigenvalue weighted by molar-refractivity contribution is 5.92. The average Bonchev–Trinajstić information content (AvgIpc) is 3.11. The third-order valence-electron chi connectivity index (χ3n) is 3.78. The Hall–Kier alpha value is -3.39. The van der Waals surface area contributed by atoms with Crippen molar-refractivity contribution in [2.24, 2.45) is 0 Å². The van der Waals surface area contributed by atoms with Gasteiger partial charge in [-0.2, -0.15) is 0 Å². The minimum Gasteiger partial charge on any atom is -0.454 e. The zero-order valence-electron chi connectivity index (χ0n) is 14.8. The van der Waals surface area contributed by atoms with Crippen LogP contribution in [0.15, 0.2) is 48.5 Å². The van der Waals surface area contributed by atoms with Gasteiger partial charge in [-0.25, -0.2) is 0 Å². The Morgan fingerprint density at radius 3 is 2.85 bits per heavy atom. The van der Waals surface area contributed by atoms with Crippen LogP contribution in [-0.2, 0) is 4.79 Å². The summed E-state index contributed by atoms with van der Waals surface area (Å²) in [7, 11) is 3.95. The van der Waals surface area contributed by atoms with Crippen LogP contribution in [0.25, 0.3) is 6.08 Å². The predicted molar refractivity (Wildman–Crippen MR) is 102 cm³/mol. The molecule has 1 aliphatic heterocycles. The van der Waals surface area contributed by atoms with E-state index >= 15 is 0 Å². The Morgan fingerprint density at radius 1 is 1.19 bits per heavy atom. The number of rotatable bonds is 4. The van der Waals surface area contributed by atoms with Crippen molar-refractivity contribution in [3.05, 3.63) is 59.7 Å². The first kappa shape index (κ1) is 17.4. The Labute approximate surface area is 153 Å². The monoisotopic (exact) mass is 348 g/mol. The van der Waals surface area contributed by atoms with Gasteiger partial charge >= 0.3 is 0 Å². The van der Waals surface area contributed by atoms with E-state index in [2.05, 4.69) is 17.2 Å². The highest BCUT2D eigenvalue weighted by Gasteiger charge is 2.12. The molecule has 3 rings (SSSR count). The highest BCUT2D eigenvalue weighted by Crippen LogP contribution is 2.32. The number of nitrogens with zero attached hydrogens (tertiary/aromatic N) is 1. The number of benzene rings is 2. The van der Waals surface area contributed by atoms with E-state index in [0.717, 1.165) is 22.6 Å². The molecule has 2 aromatic rings. The second-order valence-corrected chi connectivity index (χ2v) is 5.88. The number of ether oxygens (including phenoxy) is 2. The average molecular weight is 348 g/mol. The van der Waals surface area contributed by atoms with Crippen molar-refractivity contribution < 1.29 is 14.3 Å². The number of anilines is 1. The molecule has 1 N–H and O–H groups in total. The predicted octanol–water partition coefficient (Wildman–Crippen LogP) is 2.66. The number of carbonyl (C=O) groups is 1. The molecular weight excluding hydrogens is 328 g/mol. The lowest BCUT2D eigenvalue weighted by atomic mass is 10.1. The van der Waals surface area contributed by atoms with Crippen LogP contribution in [0.4, 0.5) is 5.69 Å². The highest BCUT2D eigenvalue weighted by atomic mass is 16.7. The van der Waals surface area contributed by atoms with Crippen molar-refractivity contribution in [3.63, 3.8) is 0 Å². The molecule has 0 atom stereocenters. The third-order valence-corrected chi connectivity index (χ3v) is 3.78. The van der Waals surface area contributed by atoms with Crippen molar-refractivity contribution >= 4 is 17.7 Å². The molecule has 132 valence electrons. The summed E-state index contributed by atoms with van der Waals surface area (Å²) in [6.07, 6.45) is 3.21. The Kier molecular flexibility index (Phi) is 5.45. The van der Waals surface area contributed by atoms with Crippen LogP contribution in [0, 0.1) is 11.8 Å². The molecule has 1 amide bonds. The zero-order valence-corrected chi connectivity index (χ0v) is 14.8. The lowest BCUT2D eigenvalue weighted by Crippen LogP contribution is -2.21. The normalized spacial score (nSPS) is 11.8. The number of fused-ring (bicyclic) bond motifs is 1. The van der Waals surface area contributed by atoms with E-state index in [1.165, 1.54) is 6.08 Å². The second-order valence-electron chi connectivity index (χ2n) is 5.88. The maximum absolute atomic E-state index is 11.9. The van der Waals surface area contributed by atoms with Gasteiger partial charge in [0.15, 0.2) is 11.5 Å². The van der Waals surface area contributed by atoms with E-state index in [1.807, 2.05) is 61.5 Å². The minimum atomic E-state index is -0.196. The molecule has 5 heteroatoms. The molecule has 26 heavy (non-hydrogen) atoms. The van der Waals surface area contributed by atoms with E-state index in [-0.39, 0.29) is 19.2 Å². The first-order valence-electron chi connectivity index (χ1n) is 8.24. The number of para-hydroxylation sites is 1. The fourth-order valence-electron chi connectivity index (χ4n) is 2.49. The van der Waals surface area contributed by atoms with Gasteiger partial charge in [0.05, 0.1) is 12.2 Å². The molecular formula is C21H20N2O3. The molecule has 0 saturated heterocycles. The van der Waals surface area contributed by atoms with Gasteiger partial charge < -0.3 is 19.7 Å². The Morgan fingerprint density at radius 2 is 2.00 bits per heavy atom. The maximum Gasteiger partial charge on any atom is 0.244 e. The first-order chi connectivity index (χ1) is 12.6. The number of amides is 1. The fraction of sp³-hybridized carbons (Fsp3) is 0.190. The molecule has 0 aliphatic carbocycles. The molecule has 0 aromatic heterocycles. The van der Waals surface area contributed by atoms with Gasteiger partial charge in [-0.1, -0.05) is 30.0 Å². The zero-order chi connectivity index (χ0) is 18.4. The van der Waals surface area contributed by atoms with Gasteiger partial charge in [0.1, 0.15) is 0 Å². The van der Waals surface area contributed by atoms with Crippen LogP contribution in [0.1, 0.15) is 11.1 Å². The van der Waals surface area contributed by atoms with Crippen LogP contribution in [0.5, 0.6) is 11.5 Å². The smallest absolute Gasteiger partial charge is 0.244 e. The molecule has 5 nitrogen and oxygen atoms in total. The van der Waals surface area contributed by atoms with E-state index in [0.29, 0.717) is 5.75 Å². The summed E-state index contributed by atoms with van der Waals surface area (Å²) in [6.45, 7) is 0.519. The van der Waals surface area contributed by atoms with Gasteiger partial charge in [0.2, 0.25) is 12.7 Å². The van der Waals surface area contributed by atoms with Crippen LogP contribution in [0.3, 0.4) is 0 Å². The van der Waals surface area contributed by atoms with Crippen molar-refractivity contribution in [2.45, 2.75) is 0 Å². The lowest BCUT2D eigenvalue weighted by molar-refractivity contribution is -0.116. The molecule has 1 aliphatic rings. The SMILES string of the molecule is CN(C)c1ccccc1C#CCNC(=O)/C=C/c1ccc2c(c1)OCO2. The molecule has 0 unspecified atom stereocenters. The summed E-state index contributed by atoms with van der Waals surface area (Å²) in [6, 6.07) is 13.4. The van der Waals surface area contributed by atoms with E-state index in [1.54, 1.807) is 6.08 Å². The summed E-state index contributed by atoms with van der Waals surface area (Å²) in [5.74, 6) is 7.29. The number of nitrogens with one attached hydrogen (secondary N) is 1. The number of carbonyl (C=O) groups excluding carboxylic acids is 1. The number of hydrogen-bond acceptors (Lipinski definition) is 4. The van der Waals surface area contributed by atoms with Crippen molar-refractivity contribution in [1.29, 1.82) is 0 Å². The van der Waals surface area contributed by atoms with Crippen molar-refractivity contribution in [1.82, 2.24) is 5.32 Å². The largest absolute Gasteiger partial charge is 0.454 e. The van der Waals surface area contributed by atoms with Gasteiger partial charge in [-0.15, -0.1) is 0 Å². The molecule has 1 heterocycles. The van der Waals surface area contributed by atoms with Gasteiger partial charge in [0, 0.05) is 25.7 Å². The Balaban J connectivity index is 1.54. The van der Waals surface area contributed by atoms with Crippen molar-refractivity contribution in [2.75, 3.05) is 32.3 Å². The first-order valence-corrected chi connectivity index (χ1v) is 8.24. The summed E-state index contributed by atoms with van der Waals surface area (Å²) in [5.41, 5.74) is 2.85. The molecule has 0 spiro atoms. The summed E-state index contributed by atoms with van der Waals surface area (Å²) >= 11 is 0. The lowest BCUT2D eigenvalue weighted by Gasteiger charge is -2.13. The second kappa shape index (κ2) is 8.13. The topological polar surface area (TPSA) is 50.8 Å². The minimum absolute atomic E-state index is 0.196. The van der Waals surface area contributed by atoms with Gasteiger partial charge in [0.25, 0.3) is 0 Å². The van der Waals surface area contributed by atoms with E-state index in [4.69, 9.17) is 9.47 Å². The van der Waals surface area contributed by atoms with Crippen LogP contribution >= 0.6 is 0 Å². The maximum atomic E-state index is 11.9. The summed E-state index contributed by atoms with van der Waals surface area (Å²) < 4.78 is 10.6. The fourth-order valence-corrected chi connectivity index (χ4v) is 2.49.